The first-order chi connectivity index (χ1) is 9.26. The molecule has 20 heavy (non-hydrogen) atoms. The number of hydrogen-bond donors (Lipinski definition) is 0. The van der Waals surface area contributed by atoms with E-state index >= 15 is 0 Å². The minimum absolute atomic E-state index is 0.172. The molecule has 0 aliphatic carbocycles. The van der Waals surface area contributed by atoms with Gasteiger partial charge in [-0.3, -0.25) is 4.79 Å². The predicted molar refractivity (Wildman–Crippen MR) is 85.9 cm³/mol. The van der Waals surface area contributed by atoms with Crippen molar-refractivity contribution in [1.29, 1.82) is 0 Å². The number of anilines is 1. The van der Waals surface area contributed by atoms with Crippen molar-refractivity contribution in [2.45, 2.75) is 59.4 Å². The van der Waals surface area contributed by atoms with E-state index in [2.05, 4.69) is 51.7 Å². The maximum Gasteiger partial charge on any atom is 0.150 e. The van der Waals surface area contributed by atoms with Gasteiger partial charge < -0.3 is 4.90 Å². The number of rotatable bonds is 3. The van der Waals surface area contributed by atoms with Crippen molar-refractivity contribution in [2.75, 3.05) is 11.4 Å². The van der Waals surface area contributed by atoms with Crippen LogP contribution in [0.25, 0.3) is 0 Å². The Labute approximate surface area is 123 Å². The van der Waals surface area contributed by atoms with Crippen molar-refractivity contribution >= 4 is 12.0 Å². The fourth-order valence-electron chi connectivity index (χ4n) is 3.49. The van der Waals surface area contributed by atoms with E-state index in [0.29, 0.717) is 11.8 Å². The van der Waals surface area contributed by atoms with Gasteiger partial charge >= 0.3 is 0 Å². The molecule has 1 aromatic carbocycles. The van der Waals surface area contributed by atoms with Crippen molar-refractivity contribution in [1.82, 2.24) is 0 Å². The third-order valence-electron chi connectivity index (χ3n) is 4.45. The van der Waals surface area contributed by atoms with Crippen LogP contribution < -0.4 is 4.90 Å². The van der Waals surface area contributed by atoms with Gasteiger partial charge in [0.2, 0.25) is 0 Å². The highest BCUT2D eigenvalue weighted by atomic mass is 16.1. The molecule has 1 aromatic rings. The van der Waals surface area contributed by atoms with Crippen molar-refractivity contribution in [3.05, 3.63) is 28.8 Å². The predicted octanol–water partition coefficient (Wildman–Crippen LogP) is 4.56. The van der Waals surface area contributed by atoms with Gasteiger partial charge in [0.1, 0.15) is 6.29 Å². The van der Waals surface area contributed by atoms with Crippen molar-refractivity contribution in [3.8, 4) is 0 Å². The summed E-state index contributed by atoms with van der Waals surface area (Å²) in [5, 5.41) is 0. The molecular formula is C18H27NO. The van der Waals surface area contributed by atoms with Gasteiger partial charge in [0.15, 0.2) is 0 Å². The number of carbonyl (C=O) groups excluding carboxylic acids is 1. The molecule has 0 spiro atoms. The second-order valence-electron chi connectivity index (χ2n) is 7.31. The van der Waals surface area contributed by atoms with Crippen molar-refractivity contribution in [3.63, 3.8) is 0 Å². The fraction of sp³-hybridized carbons (Fsp3) is 0.611. The molecule has 0 radical (unpaired) electrons. The Bertz CT molecular complexity index is 516. The Balaban J connectivity index is 2.57. The average molecular weight is 273 g/mol. The highest BCUT2D eigenvalue weighted by Crippen LogP contribution is 2.44. The number of aryl methyl sites for hydroxylation is 1. The van der Waals surface area contributed by atoms with E-state index in [1.165, 1.54) is 11.3 Å². The van der Waals surface area contributed by atoms with E-state index < -0.39 is 0 Å². The van der Waals surface area contributed by atoms with Crippen LogP contribution in [0, 0.1) is 12.8 Å². The van der Waals surface area contributed by atoms with Crippen LogP contribution >= 0.6 is 0 Å². The van der Waals surface area contributed by atoms with Crippen LogP contribution in [0.15, 0.2) is 12.1 Å². The Morgan fingerprint density at radius 1 is 1.40 bits per heavy atom. The van der Waals surface area contributed by atoms with Crippen LogP contribution in [-0.4, -0.2) is 18.4 Å². The van der Waals surface area contributed by atoms with Gasteiger partial charge in [0.25, 0.3) is 0 Å². The molecule has 1 aliphatic heterocycles. The fourth-order valence-corrected chi connectivity index (χ4v) is 3.49. The number of hydrogen-bond acceptors (Lipinski definition) is 2. The lowest BCUT2D eigenvalue weighted by Gasteiger charge is -2.48. The molecule has 0 amide bonds. The Morgan fingerprint density at radius 2 is 2.05 bits per heavy atom. The van der Waals surface area contributed by atoms with Gasteiger partial charge in [-0.25, -0.2) is 0 Å². The Kier molecular flexibility index (Phi) is 3.95. The largest absolute Gasteiger partial charge is 0.366 e. The maximum absolute atomic E-state index is 11.2. The summed E-state index contributed by atoms with van der Waals surface area (Å²) < 4.78 is 0. The second kappa shape index (κ2) is 5.23. The number of fused-ring (bicyclic) bond motifs is 1. The maximum atomic E-state index is 11.2. The standard InChI is InChI=1S/C18H27NO/c1-12(2)10-19-17-7-13(3)15(11-20)8-16(17)14(4)9-18(19,5)6/h7-8,11-12,14H,9-10H2,1-6H3/t14-/m0/s1. The molecule has 2 nitrogen and oxygen atoms in total. The van der Waals surface area contributed by atoms with Gasteiger partial charge in [-0.05, 0) is 62.3 Å². The van der Waals surface area contributed by atoms with E-state index in [1.807, 2.05) is 6.92 Å². The number of benzene rings is 1. The molecule has 2 heteroatoms. The minimum atomic E-state index is 0.172. The molecule has 0 bridgehead atoms. The van der Waals surface area contributed by atoms with Gasteiger partial charge in [-0.15, -0.1) is 0 Å². The lowest BCUT2D eigenvalue weighted by molar-refractivity contribution is 0.112. The topological polar surface area (TPSA) is 20.3 Å². The van der Waals surface area contributed by atoms with Crippen LogP contribution in [0.1, 0.15) is 68.4 Å². The molecule has 0 saturated carbocycles. The third kappa shape index (κ3) is 2.61. The summed E-state index contributed by atoms with van der Waals surface area (Å²) in [5.41, 5.74) is 4.74. The van der Waals surface area contributed by atoms with Crippen molar-refractivity contribution in [2.24, 2.45) is 5.92 Å². The summed E-state index contributed by atoms with van der Waals surface area (Å²) in [6, 6.07) is 4.31. The van der Waals surface area contributed by atoms with Gasteiger partial charge in [-0.2, -0.15) is 0 Å². The molecule has 1 atom stereocenters. The van der Waals surface area contributed by atoms with Gasteiger partial charge in [0.05, 0.1) is 0 Å². The summed E-state index contributed by atoms with van der Waals surface area (Å²) in [5.74, 6) is 1.13. The first-order valence-electron chi connectivity index (χ1n) is 7.63. The Morgan fingerprint density at radius 3 is 2.60 bits per heavy atom. The molecule has 2 rings (SSSR count). The van der Waals surface area contributed by atoms with Crippen LogP contribution in [0.2, 0.25) is 0 Å². The second-order valence-corrected chi connectivity index (χ2v) is 7.31. The highest BCUT2D eigenvalue weighted by Gasteiger charge is 2.36. The molecule has 0 saturated heterocycles. The summed E-state index contributed by atoms with van der Waals surface area (Å²) in [4.78, 5) is 13.7. The Hall–Kier alpha value is -1.31. The quantitative estimate of drug-likeness (QED) is 0.753. The van der Waals surface area contributed by atoms with Crippen molar-refractivity contribution < 1.29 is 4.79 Å². The number of nitrogens with zero attached hydrogens (tertiary/aromatic N) is 1. The molecule has 0 aromatic heterocycles. The number of aldehydes is 1. The molecule has 1 heterocycles. The lowest BCUT2D eigenvalue weighted by Crippen LogP contribution is -2.50. The first-order valence-corrected chi connectivity index (χ1v) is 7.63. The lowest BCUT2D eigenvalue weighted by atomic mass is 9.78. The normalized spacial score (nSPS) is 20.9. The highest BCUT2D eigenvalue weighted by molar-refractivity contribution is 5.80. The molecule has 0 unspecified atom stereocenters. The van der Waals surface area contributed by atoms with E-state index in [9.17, 15) is 4.79 Å². The van der Waals surface area contributed by atoms with Crippen LogP contribution in [0.4, 0.5) is 5.69 Å². The zero-order chi connectivity index (χ0) is 15.1. The monoisotopic (exact) mass is 273 g/mol. The minimum Gasteiger partial charge on any atom is -0.366 e. The molecular weight excluding hydrogens is 246 g/mol. The molecule has 1 aliphatic rings. The van der Waals surface area contributed by atoms with Crippen LogP contribution in [-0.2, 0) is 0 Å². The summed E-state index contributed by atoms with van der Waals surface area (Å²) >= 11 is 0. The molecule has 0 N–H and O–H groups in total. The van der Waals surface area contributed by atoms with E-state index in [1.54, 1.807) is 0 Å². The van der Waals surface area contributed by atoms with Crippen LogP contribution in [0.3, 0.4) is 0 Å². The smallest absolute Gasteiger partial charge is 0.150 e. The zero-order valence-electron chi connectivity index (χ0n) is 13.7. The van der Waals surface area contributed by atoms with E-state index in [-0.39, 0.29) is 5.54 Å². The van der Waals surface area contributed by atoms with Gasteiger partial charge in [-0.1, -0.05) is 20.8 Å². The number of carbonyl (C=O) groups is 1. The van der Waals surface area contributed by atoms with Gasteiger partial charge in [0, 0.05) is 23.3 Å². The zero-order valence-corrected chi connectivity index (χ0v) is 13.7. The molecule has 110 valence electrons. The summed E-state index contributed by atoms with van der Waals surface area (Å²) in [6.45, 7) is 14.6. The third-order valence-corrected chi connectivity index (χ3v) is 4.45. The summed E-state index contributed by atoms with van der Waals surface area (Å²) in [7, 11) is 0. The van der Waals surface area contributed by atoms with E-state index in [4.69, 9.17) is 0 Å². The first kappa shape index (κ1) is 15.1. The van der Waals surface area contributed by atoms with Crippen LogP contribution in [0.5, 0.6) is 0 Å². The van der Waals surface area contributed by atoms with E-state index in [0.717, 1.165) is 30.4 Å². The SMILES string of the molecule is Cc1cc2c(cc1C=O)[C@@H](C)CC(C)(C)N2CC(C)C. The average Bonchev–Trinajstić information content (AvgIpc) is 2.33. The molecule has 0 fully saturated rings. The summed E-state index contributed by atoms with van der Waals surface area (Å²) in [6.07, 6.45) is 2.11.